The molecule has 1 heterocycles. The number of hydrogen-bond donors (Lipinski definition) is 1. The third-order valence-corrected chi connectivity index (χ3v) is 3.78. The Labute approximate surface area is 95.2 Å². The smallest absolute Gasteiger partial charge is 0.238 e. The molecular formula is C10H17NOS2. The lowest BCUT2D eigenvalue weighted by Crippen LogP contribution is -2.23. The average Bonchev–Trinajstić information content (AvgIpc) is 2.45. The van der Waals surface area contributed by atoms with Crippen LogP contribution < -0.4 is 5.32 Å². The van der Waals surface area contributed by atoms with Crippen molar-refractivity contribution >= 4 is 34.2 Å². The fraction of sp³-hybridized carbons (Fsp3) is 0.800. The van der Waals surface area contributed by atoms with Crippen LogP contribution in [0.2, 0.25) is 0 Å². The van der Waals surface area contributed by atoms with Gasteiger partial charge in [0.1, 0.15) is 4.32 Å². The number of amides is 1. The predicted octanol–water partition coefficient (Wildman–Crippen LogP) is 2.86. The average molecular weight is 231 g/mol. The van der Waals surface area contributed by atoms with E-state index < -0.39 is 0 Å². The molecule has 1 aliphatic rings. The minimum absolute atomic E-state index is 0.0872. The van der Waals surface area contributed by atoms with Crippen LogP contribution in [0.25, 0.3) is 0 Å². The second-order valence-electron chi connectivity index (χ2n) is 3.59. The van der Waals surface area contributed by atoms with Gasteiger partial charge in [0.25, 0.3) is 0 Å². The number of nitrogens with one attached hydrogen (secondary N) is 1. The van der Waals surface area contributed by atoms with Crippen LogP contribution in [0.3, 0.4) is 0 Å². The molecule has 1 saturated heterocycles. The molecule has 2 nitrogen and oxygen atoms in total. The molecule has 0 aromatic rings. The molecule has 1 atom stereocenters. The molecule has 0 saturated carbocycles. The lowest BCUT2D eigenvalue weighted by atomic mass is 10.1. The van der Waals surface area contributed by atoms with Crippen molar-refractivity contribution in [3.05, 3.63) is 0 Å². The number of thiocarbonyl (C=S) groups is 1. The summed E-state index contributed by atoms with van der Waals surface area (Å²) in [6, 6.07) is 0. The van der Waals surface area contributed by atoms with E-state index in [4.69, 9.17) is 12.2 Å². The van der Waals surface area contributed by atoms with Gasteiger partial charge in [0.15, 0.2) is 0 Å². The predicted molar refractivity (Wildman–Crippen MR) is 65.5 cm³/mol. The van der Waals surface area contributed by atoms with Crippen molar-refractivity contribution in [2.45, 2.75) is 50.7 Å². The Kier molecular flexibility index (Phi) is 5.48. The molecular weight excluding hydrogens is 214 g/mol. The number of thioether (sulfide) groups is 1. The number of unbranched alkanes of at least 4 members (excludes halogenated alkanes) is 4. The van der Waals surface area contributed by atoms with Crippen molar-refractivity contribution in [1.82, 2.24) is 5.32 Å². The third kappa shape index (κ3) is 3.96. The summed E-state index contributed by atoms with van der Waals surface area (Å²) < 4.78 is 0.647. The van der Waals surface area contributed by atoms with Crippen molar-refractivity contribution in [1.29, 1.82) is 0 Å². The number of carbonyl (C=O) groups excluding carboxylic acids is 1. The first-order valence-corrected chi connectivity index (χ1v) is 6.54. The van der Waals surface area contributed by atoms with E-state index in [1.165, 1.54) is 37.4 Å². The Balaban J connectivity index is 2.07. The van der Waals surface area contributed by atoms with Crippen molar-refractivity contribution in [2.24, 2.45) is 0 Å². The van der Waals surface area contributed by atoms with E-state index in [1.54, 1.807) is 0 Å². The van der Waals surface area contributed by atoms with Crippen LogP contribution in [-0.4, -0.2) is 15.5 Å². The number of hydrogen-bond acceptors (Lipinski definition) is 3. The summed E-state index contributed by atoms with van der Waals surface area (Å²) in [6.45, 7) is 2.21. The topological polar surface area (TPSA) is 29.1 Å². The fourth-order valence-electron chi connectivity index (χ4n) is 1.52. The van der Waals surface area contributed by atoms with Gasteiger partial charge < -0.3 is 5.32 Å². The largest absolute Gasteiger partial charge is 0.311 e. The normalized spacial score (nSPS) is 21.4. The Morgan fingerprint density at radius 3 is 2.64 bits per heavy atom. The van der Waals surface area contributed by atoms with Crippen LogP contribution in [0, 0.1) is 0 Å². The van der Waals surface area contributed by atoms with Gasteiger partial charge in [0.2, 0.25) is 5.91 Å². The highest BCUT2D eigenvalue weighted by Gasteiger charge is 2.27. The zero-order valence-corrected chi connectivity index (χ0v) is 10.2. The highest BCUT2D eigenvalue weighted by molar-refractivity contribution is 8.24. The summed E-state index contributed by atoms with van der Waals surface area (Å²) >= 11 is 6.43. The molecule has 0 bridgehead atoms. The Morgan fingerprint density at radius 2 is 2.07 bits per heavy atom. The van der Waals surface area contributed by atoms with Crippen LogP contribution >= 0.6 is 24.0 Å². The lowest BCUT2D eigenvalue weighted by Gasteiger charge is -2.04. The first-order chi connectivity index (χ1) is 6.74. The van der Waals surface area contributed by atoms with Crippen LogP contribution in [0.4, 0.5) is 0 Å². The first-order valence-electron chi connectivity index (χ1n) is 5.25. The van der Waals surface area contributed by atoms with E-state index in [9.17, 15) is 4.79 Å². The van der Waals surface area contributed by atoms with Crippen LogP contribution in [0.15, 0.2) is 0 Å². The molecule has 0 radical (unpaired) electrons. The molecule has 1 amide bonds. The summed E-state index contributed by atoms with van der Waals surface area (Å²) in [6.07, 6.45) is 7.23. The Morgan fingerprint density at radius 1 is 1.36 bits per heavy atom. The quantitative estimate of drug-likeness (QED) is 0.563. The van der Waals surface area contributed by atoms with E-state index in [1.807, 2.05) is 0 Å². The van der Waals surface area contributed by atoms with Gasteiger partial charge in [-0.1, -0.05) is 63.0 Å². The fourth-order valence-corrected chi connectivity index (χ4v) is 2.83. The second-order valence-corrected chi connectivity index (χ2v) is 5.47. The molecule has 0 aromatic carbocycles. The summed E-state index contributed by atoms with van der Waals surface area (Å²) in [4.78, 5) is 11.3. The monoisotopic (exact) mass is 231 g/mol. The van der Waals surface area contributed by atoms with E-state index in [-0.39, 0.29) is 11.2 Å². The van der Waals surface area contributed by atoms with E-state index >= 15 is 0 Å². The van der Waals surface area contributed by atoms with E-state index in [0.717, 1.165) is 12.8 Å². The lowest BCUT2D eigenvalue weighted by molar-refractivity contribution is -0.118. The van der Waals surface area contributed by atoms with Crippen LogP contribution in [-0.2, 0) is 4.79 Å². The van der Waals surface area contributed by atoms with Gasteiger partial charge in [-0.15, -0.1) is 0 Å². The summed E-state index contributed by atoms with van der Waals surface area (Å²) in [5, 5.41) is 2.76. The summed E-state index contributed by atoms with van der Waals surface area (Å²) in [5.74, 6) is 0.107. The van der Waals surface area contributed by atoms with Gasteiger partial charge in [-0.25, -0.2) is 0 Å². The molecule has 4 heteroatoms. The van der Waals surface area contributed by atoms with E-state index in [0.29, 0.717) is 4.32 Å². The molecule has 0 spiro atoms. The second kappa shape index (κ2) is 6.40. The summed E-state index contributed by atoms with van der Waals surface area (Å²) in [7, 11) is 0. The standard InChI is InChI=1S/C10H17NOS2/c1-2-3-4-5-6-7-8-9(12)11-10(13)14-8/h8H,2-7H2,1H3,(H,11,12,13). The van der Waals surface area contributed by atoms with Gasteiger partial charge in [-0.3, -0.25) is 4.79 Å². The number of rotatable bonds is 6. The zero-order valence-electron chi connectivity index (χ0n) is 8.54. The Hall–Kier alpha value is -0.0900. The number of carbonyl (C=O) groups is 1. The first kappa shape index (κ1) is 12.0. The third-order valence-electron chi connectivity index (χ3n) is 2.34. The van der Waals surface area contributed by atoms with Gasteiger partial charge in [0, 0.05) is 0 Å². The molecule has 0 aliphatic carbocycles. The van der Waals surface area contributed by atoms with Gasteiger partial charge >= 0.3 is 0 Å². The van der Waals surface area contributed by atoms with Gasteiger partial charge in [0.05, 0.1) is 5.25 Å². The molecule has 0 aromatic heterocycles. The van der Waals surface area contributed by atoms with Crippen molar-refractivity contribution < 1.29 is 4.79 Å². The Bertz CT molecular complexity index is 218. The zero-order chi connectivity index (χ0) is 10.4. The molecule has 14 heavy (non-hydrogen) atoms. The van der Waals surface area contributed by atoms with Crippen molar-refractivity contribution in [3.8, 4) is 0 Å². The SMILES string of the molecule is CCCCCCCC1SC(=S)NC1=O. The van der Waals surface area contributed by atoms with Crippen molar-refractivity contribution in [3.63, 3.8) is 0 Å². The molecule has 80 valence electrons. The minimum Gasteiger partial charge on any atom is -0.311 e. The summed E-state index contributed by atoms with van der Waals surface area (Å²) in [5.41, 5.74) is 0. The van der Waals surface area contributed by atoms with Gasteiger partial charge in [-0.05, 0) is 6.42 Å². The maximum Gasteiger partial charge on any atom is 0.238 e. The minimum atomic E-state index is 0.0872. The van der Waals surface area contributed by atoms with Crippen LogP contribution in [0.1, 0.15) is 45.4 Å². The maximum atomic E-state index is 11.3. The maximum absolute atomic E-state index is 11.3. The molecule has 1 N–H and O–H groups in total. The van der Waals surface area contributed by atoms with E-state index in [2.05, 4.69) is 12.2 Å². The molecule has 1 fully saturated rings. The van der Waals surface area contributed by atoms with Gasteiger partial charge in [-0.2, -0.15) is 0 Å². The molecule has 1 unspecified atom stereocenters. The molecule has 1 aliphatic heterocycles. The highest BCUT2D eigenvalue weighted by atomic mass is 32.2. The highest BCUT2D eigenvalue weighted by Crippen LogP contribution is 2.24. The molecule has 1 rings (SSSR count). The van der Waals surface area contributed by atoms with Crippen molar-refractivity contribution in [2.75, 3.05) is 0 Å². The van der Waals surface area contributed by atoms with Crippen LogP contribution in [0.5, 0.6) is 0 Å².